The zero-order chi connectivity index (χ0) is 15.5. The van der Waals surface area contributed by atoms with E-state index in [9.17, 15) is 14.3 Å². The molecule has 0 spiro atoms. The van der Waals surface area contributed by atoms with E-state index in [-0.39, 0.29) is 12.4 Å². The Morgan fingerprint density at radius 2 is 2.05 bits per heavy atom. The van der Waals surface area contributed by atoms with Gasteiger partial charge in [-0.05, 0) is 40.6 Å². The molecule has 0 bridgehead atoms. The third-order valence-corrected chi connectivity index (χ3v) is 4.50. The molecule has 3 aromatic rings. The first kappa shape index (κ1) is 14.5. The highest BCUT2D eigenvalue weighted by atomic mass is 32.1. The van der Waals surface area contributed by atoms with Gasteiger partial charge in [0.2, 0.25) is 0 Å². The number of carboxylic acid groups (broad SMARTS) is 1. The van der Waals surface area contributed by atoms with Gasteiger partial charge in [-0.25, -0.2) is 4.39 Å². The van der Waals surface area contributed by atoms with Crippen LogP contribution in [0.3, 0.4) is 0 Å². The molecule has 2 aromatic carbocycles. The Bertz CT molecular complexity index is 815. The molecule has 0 aliphatic carbocycles. The average molecular weight is 315 g/mol. The van der Waals surface area contributed by atoms with Crippen molar-refractivity contribution in [2.45, 2.75) is 5.92 Å². The molecular weight excluding hydrogens is 301 g/mol. The van der Waals surface area contributed by atoms with Gasteiger partial charge in [0, 0.05) is 16.9 Å². The van der Waals surface area contributed by atoms with Gasteiger partial charge in [-0.2, -0.15) is 0 Å². The van der Waals surface area contributed by atoms with Gasteiger partial charge in [-0.3, -0.25) is 4.79 Å². The van der Waals surface area contributed by atoms with Crippen molar-refractivity contribution in [1.82, 2.24) is 0 Å². The standard InChI is InChI=1S/C17H14FNO2S/c18-11-4-3-5-12(8-11)19-9-14(17(20)21)15-10-22-16-7-2-1-6-13(15)16/h1-8,10,14,19H,9H2,(H,20,21). The Hall–Kier alpha value is -2.40. The molecule has 0 fully saturated rings. The lowest BCUT2D eigenvalue weighted by atomic mass is 9.98. The summed E-state index contributed by atoms with van der Waals surface area (Å²) in [6, 6.07) is 13.8. The summed E-state index contributed by atoms with van der Waals surface area (Å²) in [5, 5.41) is 15.4. The maximum Gasteiger partial charge on any atom is 0.312 e. The number of hydrogen-bond donors (Lipinski definition) is 2. The predicted octanol–water partition coefficient (Wildman–Crippen LogP) is 4.32. The minimum absolute atomic E-state index is 0.208. The van der Waals surface area contributed by atoms with E-state index in [2.05, 4.69) is 5.32 Å². The van der Waals surface area contributed by atoms with Crippen LogP contribution in [-0.4, -0.2) is 17.6 Å². The Morgan fingerprint density at radius 1 is 1.23 bits per heavy atom. The van der Waals surface area contributed by atoms with Crippen LogP contribution in [0.2, 0.25) is 0 Å². The molecule has 0 aliphatic heterocycles. The number of carbonyl (C=O) groups is 1. The summed E-state index contributed by atoms with van der Waals surface area (Å²) in [7, 11) is 0. The summed E-state index contributed by atoms with van der Waals surface area (Å²) in [6.07, 6.45) is 0. The lowest BCUT2D eigenvalue weighted by Crippen LogP contribution is -2.20. The van der Waals surface area contributed by atoms with Crippen LogP contribution < -0.4 is 5.32 Å². The second kappa shape index (κ2) is 6.15. The van der Waals surface area contributed by atoms with Crippen LogP contribution in [0.5, 0.6) is 0 Å². The first-order chi connectivity index (χ1) is 10.6. The minimum atomic E-state index is -0.896. The summed E-state index contributed by atoms with van der Waals surface area (Å²) in [6.45, 7) is 0.208. The quantitative estimate of drug-likeness (QED) is 0.737. The van der Waals surface area contributed by atoms with Crippen molar-refractivity contribution in [3.8, 4) is 0 Å². The highest BCUT2D eigenvalue weighted by Gasteiger charge is 2.22. The molecule has 0 amide bonds. The lowest BCUT2D eigenvalue weighted by Gasteiger charge is -2.14. The number of benzene rings is 2. The van der Waals surface area contributed by atoms with E-state index < -0.39 is 11.9 Å². The van der Waals surface area contributed by atoms with Crippen LogP contribution in [0, 0.1) is 5.82 Å². The van der Waals surface area contributed by atoms with Crippen molar-refractivity contribution < 1.29 is 14.3 Å². The lowest BCUT2D eigenvalue weighted by molar-refractivity contribution is -0.138. The second-order valence-electron chi connectivity index (χ2n) is 4.97. The van der Waals surface area contributed by atoms with Crippen LogP contribution in [0.25, 0.3) is 10.1 Å². The number of halogens is 1. The molecule has 112 valence electrons. The molecule has 1 unspecified atom stereocenters. The number of fused-ring (bicyclic) bond motifs is 1. The van der Waals surface area contributed by atoms with Crippen LogP contribution in [0.15, 0.2) is 53.9 Å². The van der Waals surface area contributed by atoms with Gasteiger partial charge < -0.3 is 10.4 Å². The fourth-order valence-corrected chi connectivity index (χ4v) is 3.43. The second-order valence-corrected chi connectivity index (χ2v) is 5.88. The zero-order valence-electron chi connectivity index (χ0n) is 11.6. The van der Waals surface area contributed by atoms with E-state index in [4.69, 9.17) is 0 Å². The number of carboxylic acids is 1. The molecule has 0 radical (unpaired) electrons. The average Bonchev–Trinajstić information content (AvgIpc) is 2.91. The van der Waals surface area contributed by atoms with Crippen molar-refractivity contribution in [3.05, 3.63) is 65.3 Å². The van der Waals surface area contributed by atoms with Gasteiger partial charge in [0.15, 0.2) is 0 Å². The highest BCUT2D eigenvalue weighted by Crippen LogP contribution is 2.31. The van der Waals surface area contributed by atoms with Gasteiger partial charge in [-0.15, -0.1) is 11.3 Å². The van der Waals surface area contributed by atoms with Crippen LogP contribution in [0.4, 0.5) is 10.1 Å². The third-order valence-electron chi connectivity index (χ3n) is 3.52. The smallest absolute Gasteiger partial charge is 0.312 e. The predicted molar refractivity (Wildman–Crippen MR) is 87.1 cm³/mol. The van der Waals surface area contributed by atoms with Gasteiger partial charge in [0.05, 0.1) is 0 Å². The fraction of sp³-hybridized carbons (Fsp3) is 0.118. The van der Waals surface area contributed by atoms with Gasteiger partial charge in [-0.1, -0.05) is 24.3 Å². The Labute approximate surface area is 131 Å². The van der Waals surface area contributed by atoms with Crippen molar-refractivity contribution >= 4 is 33.1 Å². The van der Waals surface area contributed by atoms with E-state index >= 15 is 0 Å². The molecule has 5 heteroatoms. The first-order valence-corrected chi connectivity index (χ1v) is 7.71. The number of thiophene rings is 1. The molecule has 0 aliphatic rings. The fourth-order valence-electron chi connectivity index (χ4n) is 2.42. The molecule has 3 nitrogen and oxygen atoms in total. The molecule has 1 aromatic heterocycles. The Kier molecular flexibility index (Phi) is 4.06. The maximum atomic E-state index is 13.2. The number of hydrogen-bond acceptors (Lipinski definition) is 3. The molecular formula is C17H14FNO2S. The Balaban J connectivity index is 1.86. The van der Waals surface area contributed by atoms with Crippen molar-refractivity contribution in [2.24, 2.45) is 0 Å². The van der Waals surface area contributed by atoms with E-state index in [0.717, 1.165) is 15.6 Å². The summed E-state index contributed by atoms with van der Waals surface area (Å²) >= 11 is 1.53. The van der Waals surface area contributed by atoms with E-state index in [0.29, 0.717) is 5.69 Å². The van der Waals surface area contributed by atoms with E-state index in [1.807, 2.05) is 29.6 Å². The molecule has 0 saturated heterocycles. The number of anilines is 1. The van der Waals surface area contributed by atoms with Gasteiger partial charge in [0.25, 0.3) is 0 Å². The SMILES string of the molecule is O=C(O)C(CNc1cccc(F)c1)c1csc2ccccc12. The van der Waals surface area contributed by atoms with Crippen LogP contribution >= 0.6 is 11.3 Å². The number of aliphatic carboxylic acids is 1. The summed E-state index contributed by atoms with van der Waals surface area (Å²) in [4.78, 5) is 11.6. The van der Waals surface area contributed by atoms with E-state index in [1.54, 1.807) is 12.1 Å². The molecule has 0 saturated carbocycles. The van der Waals surface area contributed by atoms with E-state index in [1.165, 1.54) is 23.5 Å². The number of nitrogens with one attached hydrogen (secondary N) is 1. The highest BCUT2D eigenvalue weighted by molar-refractivity contribution is 7.17. The third kappa shape index (κ3) is 2.94. The zero-order valence-corrected chi connectivity index (χ0v) is 12.4. The van der Waals surface area contributed by atoms with Gasteiger partial charge in [0.1, 0.15) is 11.7 Å². The van der Waals surface area contributed by atoms with Crippen LogP contribution in [-0.2, 0) is 4.79 Å². The van der Waals surface area contributed by atoms with Crippen LogP contribution in [0.1, 0.15) is 11.5 Å². The van der Waals surface area contributed by atoms with Crippen molar-refractivity contribution in [1.29, 1.82) is 0 Å². The normalized spacial score (nSPS) is 12.2. The molecule has 1 heterocycles. The summed E-state index contributed by atoms with van der Waals surface area (Å²) in [5.41, 5.74) is 1.36. The molecule has 22 heavy (non-hydrogen) atoms. The largest absolute Gasteiger partial charge is 0.481 e. The monoisotopic (exact) mass is 315 g/mol. The topological polar surface area (TPSA) is 49.3 Å². The van der Waals surface area contributed by atoms with Crippen molar-refractivity contribution in [2.75, 3.05) is 11.9 Å². The Morgan fingerprint density at radius 3 is 2.82 bits per heavy atom. The van der Waals surface area contributed by atoms with Gasteiger partial charge >= 0.3 is 5.97 Å². The maximum absolute atomic E-state index is 13.2. The minimum Gasteiger partial charge on any atom is -0.481 e. The first-order valence-electron chi connectivity index (χ1n) is 6.83. The van der Waals surface area contributed by atoms with Crippen molar-refractivity contribution in [3.63, 3.8) is 0 Å². The molecule has 1 atom stereocenters. The molecule has 3 rings (SSSR count). The molecule has 2 N–H and O–H groups in total. The number of rotatable bonds is 5. The summed E-state index contributed by atoms with van der Waals surface area (Å²) in [5.74, 6) is -1.93. The summed E-state index contributed by atoms with van der Waals surface area (Å²) < 4.78 is 14.2.